The van der Waals surface area contributed by atoms with Gasteiger partial charge < -0.3 is 0 Å². The first-order chi connectivity index (χ1) is 9.09. The van der Waals surface area contributed by atoms with Crippen LogP contribution in [-0.4, -0.2) is 17.7 Å². The number of sulfonamides is 1. The molecule has 0 saturated heterocycles. The molecule has 0 saturated carbocycles. The highest BCUT2D eigenvalue weighted by molar-refractivity contribution is 7.89. The van der Waals surface area contributed by atoms with E-state index >= 15 is 0 Å². The monoisotopic (exact) mass is 278 g/mol. The van der Waals surface area contributed by atoms with Crippen LogP contribution in [-0.2, 0) is 23.1 Å². The molecule has 2 aromatic rings. The molecule has 1 aromatic carbocycles. The van der Waals surface area contributed by atoms with Crippen molar-refractivity contribution in [3.05, 3.63) is 59.5 Å². The Kier molecular flexibility index (Phi) is 2.83. The molecule has 98 valence electrons. The molecule has 19 heavy (non-hydrogen) atoms. The van der Waals surface area contributed by atoms with Crippen molar-refractivity contribution in [2.24, 2.45) is 0 Å². The lowest BCUT2D eigenvalue weighted by Crippen LogP contribution is -2.27. The Balaban J connectivity index is 1.99. The number of hydrogen-bond acceptors (Lipinski definition) is 3. The smallest absolute Gasteiger partial charge is 0.241 e. The number of hydrogen-bond donors (Lipinski definition) is 0. The highest BCUT2D eigenvalue weighted by Crippen LogP contribution is 2.28. The van der Waals surface area contributed by atoms with Crippen LogP contribution in [0.3, 0.4) is 0 Å². The van der Waals surface area contributed by atoms with Crippen molar-refractivity contribution in [2.75, 3.05) is 0 Å². The van der Waals surface area contributed by atoms with Gasteiger partial charge in [-0.2, -0.15) is 4.31 Å². The van der Waals surface area contributed by atoms with Crippen molar-refractivity contribution < 1.29 is 12.8 Å². The van der Waals surface area contributed by atoms with Crippen LogP contribution in [0.25, 0.3) is 0 Å². The lowest BCUT2D eigenvalue weighted by molar-refractivity contribution is 0.423. The predicted molar refractivity (Wildman–Crippen MR) is 67.1 cm³/mol. The van der Waals surface area contributed by atoms with Gasteiger partial charge in [0.2, 0.25) is 5.03 Å². The Morgan fingerprint density at radius 1 is 1.05 bits per heavy atom. The van der Waals surface area contributed by atoms with Crippen LogP contribution in [0.5, 0.6) is 0 Å². The number of fused-ring (bicyclic) bond motifs is 1. The minimum absolute atomic E-state index is 0.258. The standard InChI is InChI=1S/C13H11FN2O2S/c14-12-6-3-7-15-13(12)19(17,18)16-8-10-4-1-2-5-11(10)9-16/h1-7H,8-9H2. The Bertz CT molecular complexity index is 706. The molecule has 0 amide bonds. The number of aromatic nitrogens is 1. The summed E-state index contributed by atoms with van der Waals surface area (Å²) in [6, 6.07) is 9.93. The van der Waals surface area contributed by atoms with Gasteiger partial charge in [-0.3, -0.25) is 0 Å². The fourth-order valence-corrected chi connectivity index (χ4v) is 3.53. The summed E-state index contributed by atoms with van der Waals surface area (Å²) in [7, 11) is -3.89. The van der Waals surface area contributed by atoms with E-state index in [1.54, 1.807) is 0 Å². The first-order valence-electron chi connectivity index (χ1n) is 5.76. The molecule has 3 rings (SSSR count). The second-order valence-corrected chi connectivity index (χ2v) is 6.19. The zero-order chi connectivity index (χ0) is 13.5. The van der Waals surface area contributed by atoms with Gasteiger partial charge in [0.05, 0.1) is 0 Å². The number of nitrogens with zero attached hydrogens (tertiary/aromatic N) is 2. The molecule has 0 bridgehead atoms. The van der Waals surface area contributed by atoms with E-state index in [4.69, 9.17) is 0 Å². The van der Waals surface area contributed by atoms with Gasteiger partial charge in [0.15, 0.2) is 5.82 Å². The van der Waals surface area contributed by atoms with E-state index in [0.717, 1.165) is 17.2 Å². The first kappa shape index (κ1) is 12.3. The highest BCUT2D eigenvalue weighted by atomic mass is 32.2. The largest absolute Gasteiger partial charge is 0.264 e. The fraction of sp³-hybridized carbons (Fsp3) is 0.154. The molecule has 0 fully saturated rings. The van der Waals surface area contributed by atoms with Gasteiger partial charge in [-0.05, 0) is 23.3 Å². The van der Waals surface area contributed by atoms with Crippen molar-refractivity contribution >= 4 is 10.0 Å². The molecule has 1 aliphatic heterocycles. The maximum absolute atomic E-state index is 13.6. The molecule has 0 aliphatic carbocycles. The summed E-state index contributed by atoms with van der Waals surface area (Å²) in [5.41, 5.74) is 1.89. The summed E-state index contributed by atoms with van der Waals surface area (Å²) in [4.78, 5) is 3.65. The maximum Gasteiger partial charge on any atom is 0.264 e. The Morgan fingerprint density at radius 2 is 1.68 bits per heavy atom. The van der Waals surface area contributed by atoms with Gasteiger partial charge in [-0.25, -0.2) is 17.8 Å². The zero-order valence-corrected chi connectivity index (χ0v) is 10.8. The quantitative estimate of drug-likeness (QED) is 0.843. The Hall–Kier alpha value is -1.79. The molecule has 1 aromatic heterocycles. The fourth-order valence-electron chi connectivity index (χ4n) is 2.16. The summed E-state index contributed by atoms with van der Waals surface area (Å²) in [5, 5.41) is -0.511. The van der Waals surface area contributed by atoms with Crippen molar-refractivity contribution in [1.29, 1.82) is 0 Å². The molecule has 6 heteroatoms. The van der Waals surface area contributed by atoms with E-state index in [-0.39, 0.29) is 13.1 Å². The number of benzene rings is 1. The van der Waals surface area contributed by atoms with Gasteiger partial charge in [0.1, 0.15) is 0 Å². The third-order valence-electron chi connectivity index (χ3n) is 3.12. The summed E-state index contributed by atoms with van der Waals surface area (Å²) in [6.45, 7) is 0.517. The molecular weight excluding hydrogens is 267 g/mol. The molecule has 0 atom stereocenters. The van der Waals surface area contributed by atoms with E-state index in [0.29, 0.717) is 0 Å². The van der Waals surface area contributed by atoms with Crippen LogP contribution in [0.1, 0.15) is 11.1 Å². The summed E-state index contributed by atoms with van der Waals surface area (Å²) < 4.78 is 39.5. The summed E-state index contributed by atoms with van der Waals surface area (Å²) in [5.74, 6) is -0.821. The lowest BCUT2D eigenvalue weighted by atomic mass is 10.1. The van der Waals surface area contributed by atoms with Crippen LogP contribution in [0.2, 0.25) is 0 Å². The summed E-state index contributed by atoms with van der Waals surface area (Å²) in [6.07, 6.45) is 1.28. The topological polar surface area (TPSA) is 50.3 Å². The van der Waals surface area contributed by atoms with Crippen LogP contribution in [0.15, 0.2) is 47.6 Å². The molecule has 2 heterocycles. The van der Waals surface area contributed by atoms with E-state index in [9.17, 15) is 12.8 Å². The van der Waals surface area contributed by atoms with Crippen LogP contribution in [0.4, 0.5) is 4.39 Å². The Morgan fingerprint density at radius 3 is 2.26 bits per heavy atom. The van der Waals surface area contributed by atoms with Gasteiger partial charge in [-0.1, -0.05) is 24.3 Å². The molecule has 0 radical (unpaired) electrons. The number of pyridine rings is 1. The average molecular weight is 278 g/mol. The minimum Gasteiger partial charge on any atom is -0.241 e. The van der Waals surface area contributed by atoms with E-state index in [1.165, 1.54) is 16.6 Å². The lowest BCUT2D eigenvalue weighted by Gasteiger charge is -2.14. The molecular formula is C13H11FN2O2S. The summed E-state index contributed by atoms with van der Waals surface area (Å²) >= 11 is 0. The number of halogens is 1. The van der Waals surface area contributed by atoms with E-state index < -0.39 is 20.9 Å². The third-order valence-corrected chi connectivity index (χ3v) is 4.85. The maximum atomic E-state index is 13.6. The van der Waals surface area contributed by atoms with Gasteiger partial charge in [-0.15, -0.1) is 0 Å². The van der Waals surface area contributed by atoms with Gasteiger partial charge in [0.25, 0.3) is 10.0 Å². The second-order valence-electron chi connectivity index (χ2n) is 4.33. The van der Waals surface area contributed by atoms with E-state index in [2.05, 4.69) is 4.98 Å². The van der Waals surface area contributed by atoms with Crippen molar-refractivity contribution in [2.45, 2.75) is 18.1 Å². The predicted octanol–water partition coefficient (Wildman–Crippen LogP) is 1.93. The third kappa shape index (κ3) is 2.02. The first-order valence-corrected chi connectivity index (χ1v) is 7.20. The highest BCUT2D eigenvalue weighted by Gasteiger charge is 2.33. The van der Waals surface area contributed by atoms with Gasteiger partial charge in [0, 0.05) is 19.3 Å². The second kappa shape index (κ2) is 4.40. The van der Waals surface area contributed by atoms with Crippen molar-refractivity contribution in [1.82, 2.24) is 9.29 Å². The van der Waals surface area contributed by atoms with Crippen LogP contribution in [0, 0.1) is 5.82 Å². The van der Waals surface area contributed by atoms with Gasteiger partial charge >= 0.3 is 0 Å². The van der Waals surface area contributed by atoms with Crippen LogP contribution < -0.4 is 0 Å². The zero-order valence-electron chi connectivity index (χ0n) is 9.95. The SMILES string of the molecule is O=S(=O)(c1ncccc1F)N1Cc2ccccc2C1. The molecule has 0 unspecified atom stereocenters. The van der Waals surface area contributed by atoms with Crippen LogP contribution >= 0.6 is 0 Å². The van der Waals surface area contributed by atoms with E-state index in [1.807, 2.05) is 24.3 Å². The van der Waals surface area contributed by atoms with Crippen molar-refractivity contribution in [3.63, 3.8) is 0 Å². The molecule has 0 spiro atoms. The Labute approximate surface area is 110 Å². The molecule has 1 aliphatic rings. The number of rotatable bonds is 2. The van der Waals surface area contributed by atoms with Crippen molar-refractivity contribution in [3.8, 4) is 0 Å². The molecule has 0 N–H and O–H groups in total. The average Bonchev–Trinajstić information content (AvgIpc) is 2.83. The molecule has 4 nitrogen and oxygen atoms in total. The normalized spacial score (nSPS) is 15.4. The minimum atomic E-state index is -3.89.